The fourth-order valence-electron chi connectivity index (χ4n) is 1.29. The number of hydrogen-bond acceptors (Lipinski definition) is 3. The lowest BCUT2D eigenvalue weighted by atomic mass is 10.2. The Morgan fingerprint density at radius 3 is 2.00 bits per heavy atom. The van der Waals surface area contributed by atoms with Gasteiger partial charge in [-0.25, -0.2) is 0 Å². The molecule has 17 heavy (non-hydrogen) atoms. The normalized spacial score (nSPS) is 9.41. The number of hydrogen-bond donors (Lipinski definition) is 1. The summed E-state index contributed by atoms with van der Waals surface area (Å²) in [6, 6.07) is 0. The van der Waals surface area contributed by atoms with E-state index in [-0.39, 0.29) is 5.97 Å². The highest BCUT2D eigenvalue weighted by molar-refractivity contribution is 5.69. The van der Waals surface area contributed by atoms with Crippen molar-refractivity contribution in [3.05, 3.63) is 0 Å². The van der Waals surface area contributed by atoms with Crippen LogP contribution in [0, 0.1) is 0 Å². The lowest BCUT2D eigenvalue weighted by molar-refractivity contribution is -0.143. The van der Waals surface area contributed by atoms with E-state index in [1.807, 2.05) is 6.92 Å². The maximum Gasteiger partial charge on any atom is 0.305 e. The monoisotopic (exact) mass is 246 g/mol. The molecule has 0 saturated heterocycles. The van der Waals surface area contributed by atoms with Crippen LogP contribution in [0.15, 0.2) is 0 Å². The summed E-state index contributed by atoms with van der Waals surface area (Å²) in [6.45, 7) is 6.98. The summed E-state index contributed by atoms with van der Waals surface area (Å²) in [7, 11) is 0. The van der Waals surface area contributed by atoms with Crippen LogP contribution in [0.2, 0.25) is 0 Å². The van der Waals surface area contributed by atoms with Crippen LogP contribution in [0.3, 0.4) is 0 Å². The highest BCUT2D eigenvalue weighted by Gasteiger charge is 1.98. The van der Waals surface area contributed by atoms with Crippen LogP contribution in [0.1, 0.15) is 72.1 Å². The maximum absolute atomic E-state index is 10.7. The van der Waals surface area contributed by atoms with E-state index < -0.39 is 0 Å². The Labute approximate surface area is 107 Å². The van der Waals surface area contributed by atoms with E-state index in [1.54, 1.807) is 0 Å². The number of aliphatic hydroxyl groups excluding tert-OH is 1. The van der Waals surface area contributed by atoms with Crippen molar-refractivity contribution in [2.75, 3.05) is 13.2 Å². The van der Waals surface area contributed by atoms with E-state index in [0.717, 1.165) is 25.7 Å². The average Bonchev–Trinajstić information content (AvgIpc) is 2.31. The fourth-order valence-corrected chi connectivity index (χ4v) is 1.29. The molecule has 0 saturated carbocycles. The lowest BCUT2D eigenvalue weighted by Gasteiger charge is -1.99. The van der Waals surface area contributed by atoms with Crippen molar-refractivity contribution in [2.24, 2.45) is 0 Å². The molecule has 0 unspecified atom stereocenters. The molecule has 0 amide bonds. The molecule has 0 radical (unpaired) electrons. The van der Waals surface area contributed by atoms with Crippen molar-refractivity contribution in [1.82, 2.24) is 0 Å². The molecule has 0 aliphatic carbocycles. The van der Waals surface area contributed by atoms with Gasteiger partial charge in [-0.15, -0.1) is 0 Å². The number of carbonyl (C=O) groups is 1. The van der Waals surface area contributed by atoms with Gasteiger partial charge in [0.15, 0.2) is 0 Å². The first kappa shape index (κ1) is 18.8. The SMILES string of the molecule is CCCCCC(=O)OCC.CCCCCCO. The second-order valence-electron chi connectivity index (χ2n) is 4.05. The highest BCUT2D eigenvalue weighted by atomic mass is 16.5. The first-order valence-electron chi connectivity index (χ1n) is 6.99. The topological polar surface area (TPSA) is 46.5 Å². The Morgan fingerprint density at radius 2 is 1.53 bits per heavy atom. The Bertz CT molecular complexity index is 142. The zero-order valence-electron chi connectivity index (χ0n) is 11.8. The number of carbonyl (C=O) groups excluding carboxylic acids is 1. The second-order valence-corrected chi connectivity index (χ2v) is 4.05. The molecule has 0 aromatic heterocycles. The molecule has 0 spiro atoms. The zero-order valence-corrected chi connectivity index (χ0v) is 11.8. The number of esters is 1. The van der Waals surface area contributed by atoms with E-state index in [9.17, 15) is 4.79 Å². The van der Waals surface area contributed by atoms with Crippen LogP contribution in [-0.2, 0) is 9.53 Å². The summed E-state index contributed by atoms with van der Waals surface area (Å²) in [5, 5.41) is 8.29. The van der Waals surface area contributed by atoms with Crippen LogP contribution in [0.5, 0.6) is 0 Å². The van der Waals surface area contributed by atoms with E-state index in [4.69, 9.17) is 9.84 Å². The third-order valence-electron chi connectivity index (χ3n) is 2.30. The van der Waals surface area contributed by atoms with Crippen molar-refractivity contribution in [1.29, 1.82) is 0 Å². The van der Waals surface area contributed by atoms with E-state index in [2.05, 4.69) is 13.8 Å². The fraction of sp³-hybridized carbons (Fsp3) is 0.929. The van der Waals surface area contributed by atoms with Crippen LogP contribution < -0.4 is 0 Å². The predicted octanol–water partition coefficient (Wildman–Crippen LogP) is 3.69. The van der Waals surface area contributed by atoms with Gasteiger partial charge < -0.3 is 9.84 Å². The molecule has 0 aliphatic heterocycles. The molecule has 0 heterocycles. The molecular weight excluding hydrogens is 216 g/mol. The molecular formula is C14H30O3. The van der Waals surface area contributed by atoms with Crippen molar-refractivity contribution in [3.63, 3.8) is 0 Å². The van der Waals surface area contributed by atoms with Crippen molar-refractivity contribution < 1.29 is 14.6 Å². The van der Waals surface area contributed by atoms with Crippen molar-refractivity contribution in [2.45, 2.75) is 72.1 Å². The Morgan fingerprint density at radius 1 is 0.941 bits per heavy atom. The average molecular weight is 246 g/mol. The Balaban J connectivity index is 0. The van der Waals surface area contributed by atoms with Crippen LogP contribution in [0.4, 0.5) is 0 Å². The molecule has 3 nitrogen and oxygen atoms in total. The third-order valence-corrected chi connectivity index (χ3v) is 2.30. The first-order chi connectivity index (χ1) is 8.22. The molecule has 0 aliphatic rings. The summed E-state index contributed by atoms with van der Waals surface area (Å²) in [4.78, 5) is 10.7. The molecule has 0 rings (SSSR count). The molecule has 0 atom stereocenters. The quantitative estimate of drug-likeness (QED) is 0.498. The number of aliphatic hydroxyl groups is 1. The molecule has 0 aromatic carbocycles. The molecule has 0 aromatic rings. The Hall–Kier alpha value is -0.570. The zero-order chi connectivity index (χ0) is 13.4. The summed E-state index contributed by atoms with van der Waals surface area (Å²) in [5.74, 6) is -0.0593. The number of ether oxygens (including phenoxy) is 1. The third kappa shape index (κ3) is 21.3. The second kappa shape index (κ2) is 17.8. The molecule has 104 valence electrons. The lowest BCUT2D eigenvalue weighted by Crippen LogP contribution is -2.02. The van der Waals surface area contributed by atoms with Gasteiger partial charge in [-0.1, -0.05) is 46.0 Å². The summed E-state index contributed by atoms with van der Waals surface area (Å²) in [5.41, 5.74) is 0. The van der Waals surface area contributed by atoms with Gasteiger partial charge in [0.25, 0.3) is 0 Å². The van der Waals surface area contributed by atoms with E-state index in [1.165, 1.54) is 19.3 Å². The van der Waals surface area contributed by atoms with Crippen molar-refractivity contribution in [3.8, 4) is 0 Å². The molecule has 0 bridgehead atoms. The van der Waals surface area contributed by atoms with Crippen LogP contribution in [-0.4, -0.2) is 24.3 Å². The standard InChI is InChI=1S/C8H16O2.C6H14O/c1-3-5-6-7-8(9)10-4-2;1-2-3-4-5-6-7/h3-7H2,1-2H3;7H,2-6H2,1H3. The van der Waals surface area contributed by atoms with Crippen molar-refractivity contribution >= 4 is 5.97 Å². The van der Waals surface area contributed by atoms with E-state index >= 15 is 0 Å². The number of unbranched alkanes of at least 4 members (excludes halogenated alkanes) is 5. The first-order valence-corrected chi connectivity index (χ1v) is 6.99. The molecule has 3 heteroatoms. The smallest absolute Gasteiger partial charge is 0.305 e. The minimum atomic E-state index is -0.0593. The minimum absolute atomic E-state index is 0.0593. The van der Waals surface area contributed by atoms with Gasteiger partial charge in [-0.05, 0) is 19.8 Å². The Kier molecular flexibility index (Phi) is 19.7. The van der Waals surface area contributed by atoms with Gasteiger partial charge in [0.05, 0.1) is 6.61 Å². The van der Waals surface area contributed by atoms with E-state index in [0.29, 0.717) is 19.6 Å². The van der Waals surface area contributed by atoms with Gasteiger partial charge in [-0.2, -0.15) is 0 Å². The van der Waals surface area contributed by atoms with Gasteiger partial charge in [0.1, 0.15) is 0 Å². The predicted molar refractivity (Wildman–Crippen MR) is 72.0 cm³/mol. The summed E-state index contributed by atoms with van der Waals surface area (Å²) in [6.07, 6.45) is 8.51. The van der Waals surface area contributed by atoms with Gasteiger partial charge in [0.2, 0.25) is 0 Å². The van der Waals surface area contributed by atoms with Gasteiger partial charge in [0, 0.05) is 13.0 Å². The highest BCUT2D eigenvalue weighted by Crippen LogP contribution is 1.99. The number of rotatable bonds is 9. The van der Waals surface area contributed by atoms with Crippen LogP contribution in [0.25, 0.3) is 0 Å². The van der Waals surface area contributed by atoms with Crippen LogP contribution >= 0.6 is 0 Å². The van der Waals surface area contributed by atoms with Gasteiger partial charge >= 0.3 is 5.97 Å². The summed E-state index contributed by atoms with van der Waals surface area (Å²) >= 11 is 0. The largest absolute Gasteiger partial charge is 0.466 e. The maximum atomic E-state index is 10.7. The summed E-state index contributed by atoms with van der Waals surface area (Å²) < 4.78 is 4.75. The molecule has 0 fully saturated rings. The van der Waals surface area contributed by atoms with Gasteiger partial charge in [-0.3, -0.25) is 4.79 Å². The minimum Gasteiger partial charge on any atom is -0.466 e. The molecule has 1 N–H and O–H groups in total.